The smallest absolute Gasteiger partial charge is 0.282 e. The molecule has 0 aromatic heterocycles. The molecular formula is C24H28N2O5. The first-order chi connectivity index (χ1) is 14.9. The van der Waals surface area contributed by atoms with Crippen molar-refractivity contribution in [1.82, 2.24) is 4.90 Å². The van der Waals surface area contributed by atoms with Gasteiger partial charge in [-0.15, -0.1) is 0 Å². The first-order valence-corrected chi connectivity index (χ1v) is 10.3. The molecule has 2 aromatic rings. The van der Waals surface area contributed by atoms with Gasteiger partial charge in [0.1, 0.15) is 17.2 Å². The highest BCUT2D eigenvalue weighted by atomic mass is 16.5. The lowest BCUT2D eigenvalue weighted by molar-refractivity contribution is -0.120. The summed E-state index contributed by atoms with van der Waals surface area (Å²) < 4.78 is 11.1. The molecule has 1 aliphatic heterocycles. The fourth-order valence-corrected chi connectivity index (χ4v) is 3.46. The molecule has 2 amide bonds. The van der Waals surface area contributed by atoms with E-state index < -0.39 is 11.8 Å². The van der Waals surface area contributed by atoms with Gasteiger partial charge < -0.3 is 19.5 Å². The summed E-state index contributed by atoms with van der Waals surface area (Å²) in [6, 6.07) is 13.9. The van der Waals surface area contributed by atoms with Crippen LogP contribution in [0.4, 0.5) is 5.69 Å². The molecule has 0 bridgehead atoms. The van der Waals surface area contributed by atoms with Crippen molar-refractivity contribution in [2.45, 2.75) is 26.9 Å². The summed E-state index contributed by atoms with van der Waals surface area (Å²) in [7, 11) is 1.69. The van der Waals surface area contributed by atoms with Crippen molar-refractivity contribution in [3.05, 3.63) is 59.8 Å². The number of anilines is 1. The fraction of sp³-hybridized carbons (Fsp3) is 0.333. The van der Waals surface area contributed by atoms with Crippen molar-refractivity contribution in [3.63, 3.8) is 0 Å². The lowest BCUT2D eigenvalue weighted by atomic mass is 10.0. The minimum absolute atomic E-state index is 0.0288. The Morgan fingerprint density at radius 1 is 0.968 bits per heavy atom. The standard InChI is InChI=1S/C24H28N2O5/c1-5-30-19-12-8-18(9-13-19)26-23(28)21(22(24(26)29)25(4)14-15-27)17-6-10-20(11-7-17)31-16(2)3/h6-13,16,27H,5,14-15H2,1-4H3. The van der Waals surface area contributed by atoms with Gasteiger partial charge in [0.15, 0.2) is 0 Å². The van der Waals surface area contributed by atoms with Crippen molar-refractivity contribution in [3.8, 4) is 11.5 Å². The summed E-state index contributed by atoms with van der Waals surface area (Å²) in [6.45, 7) is 6.37. The van der Waals surface area contributed by atoms with E-state index in [4.69, 9.17) is 9.47 Å². The molecule has 7 heteroatoms. The number of nitrogens with zero attached hydrogens (tertiary/aromatic N) is 2. The Morgan fingerprint density at radius 3 is 2.13 bits per heavy atom. The van der Waals surface area contributed by atoms with Gasteiger partial charge in [-0.2, -0.15) is 0 Å². The molecule has 2 aromatic carbocycles. The van der Waals surface area contributed by atoms with Crippen LogP contribution in [0.2, 0.25) is 0 Å². The van der Waals surface area contributed by atoms with Crippen molar-refractivity contribution >= 4 is 23.1 Å². The van der Waals surface area contributed by atoms with Gasteiger partial charge in [-0.1, -0.05) is 12.1 Å². The molecule has 0 unspecified atom stereocenters. The average Bonchev–Trinajstić information content (AvgIpc) is 2.99. The highest BCUT2D eigenvalue weighted by Crippen LogP contribution is 2.35. The molecule has 31 heavy (non-hydrogen) atoms. The third-order valence-corrected chi connectivity index (χ3v) is 4.80. The zero-order chi connectivity index (χ0) is 22.5. The number of amides is 2. The number of ether oxygens (including phenoxy) is 2. The van der Waals surface area contributed by atoms with Gasteiger partial charge in [-0.05, 0) is 62.7 Å². The molecule has 7 nitrogen and oxygen atoms in total. The summed E-state index contributed by atoms with van der Waals surface area (Å²) in [6.07, 6.45) is 0.0288. The number of hydrogen-bond donors (Lipinski definition) is 1. The van der Waals surface area contributed by atoms with Crippen LogP contribution < -0.4 is 14.4 Å². The van der Waals surface area contributed by atoms with Crippen LogP contribution in [0.25, 0.3) is 5.57 Å². The SMILES string of the molecule is CCOc1ccc(N2C(=O)C(c3ccc(OC(C)C)cc3)=C(N(C)CCO)C2=O)cc1. The molecule has 0 atom stereocenters. The molecule has 3 rings (SSSR count). The van der Waals surface area contributed by atoms with Crippen molar-refractivity contribution in [2.24, 2.45) is 0 Å². The van der Waals surface area contributed by atoms with Crippen LogP contribution in [-0.2, 0) is 9.59 Å². The molecule has 0 saturated heterocycles. The first kappa shape index (κ1) is 22.4. The molecular weight excluding hydrogens is 396 g/mol. The maximum atomic E-state index is 13.4. The van der Waals surface area contributed by atoms with Crippen molar-refractivity contribution in [2.75, 3.05) is 31.7 Å². The molecule has 0 radical (unpaired) electrons. The second kappa shape index (κ2) is 9.66. The number of benzene rings is 2. The Balaban J connectivity index is 2.00. The Hall–Kier alpha value is -3.32. The highest BCUT2D eigenvalue weighted by Gasteiger charge is 2.41. The van der Waals surface area contributed by atoms with Gasteiger partial charge >= 0.3 is 0 Å². The van der Waals surface area contributed by atoms with E-state index in [2.05, 4.69) is 0 Å². The Bertz CT molecular complexity index is 964. The molecule has 1 N–H and O–H groups in total. The van der Waals surface area contributed by atoms with Crippen LogP contribution >= 0.6 is 0 Å². The fourth-order valence-electron chi connectivity index (χ4n) is 3.46. The second-order valence-electron chi connectivity index (χ2n) is 7.43. The topological polar surface area (TPSA) is 79.3 Å². The summed E-state index contributed by atoms with van der Waals surface area (Å²) in [5.74, 6) is 0.510. The van der Waals surface area contributed by atoms with E-state index in [1.54, 1.807) is 60.5 Å². The van der Waals surface area contributed by atoms with E-state index in [9.17, 15) is 14.7 Å². The zero-order valence-corrected chi connectivity index (χ0v) is 18.3. The molecule has 164 valence electrons. The van der Waals surface area contributed by atoms with Gasteiger partial charge in [-0.25, -0.2) is 4.90 Å². The minimum atomic E-state index is -0.428. The van der Waals surface area contributed by atoms with Gasteiger partial charge in [0, 0.05) is 13.6 Å². The van der Waals surface area contributed by atoms with Crippen LogP contribution in [0.15, 0.2) is 54.2 Å². The third-order valence-electron chi connectivity index (χ3n) is 4.80. The lowest BCUT2D eigenvalue weighted by Crippen LogP contribution is -2.34. The molecule has 1 heterocycles. The van der Waals surface area contributed by atoms with Gasteiger partial charge in [0.25, 0.3) is 11.8 Å². The number of likely N-dealkylation sites (N-methyl/N-ethyl adjacent to an activating group) is 1. The van der Waals surface area contributed by atoms with E-state index in [1.165, 1.54) is 0 Å². The number of carbonyl (C=O) groups excluding carboxylic acids is 2. The Kier molecular flexibility index (Phi) is 6.97. The number of aliphatic hydroxyl groups is 1. The van der Waals surface area contributed by atoms with Gasteiger partial charge in [0.05, 0.1) is 30.6 Å². The quantitative estimate of drug-likeness (QED) is 0.624. The molecule has 0 fully saturated rings. The Morgan fingerprint density at radius 2 is 1.58 bits per heavy atom. The molecule has 1 aliphatic rings. The second-order valence-corrected chi connectivity index (χ2v) is 7.43. The average molecular weight is 424 g/mol. The Labute approximate surface area is 182 Å². The normalized spacial score (nSPS) is 13.9. The third kappa shape index (κ3) is 4.72. The largest absolute Gasteiger partial charge is 0.494 e. The minimum Gasteiger partial charge on any atom is -0.494 e. The van der Waals surface area contributed by atoms with E-state index in [-0.39, 0.29) is 25.0 Å². The van der Waals surface area contributed by atoms with Crippen LogP contribution in [0.3, 0.4) is 0 Å². The van der Waals surface area contributed by atoms with Crippen LogP contribution in [0.5, 0.6) is 11.5 Å². The lowest BCUT2D eigenvalue weighted by Gasteiger charge is -2.20. The maximum Gasteiger partial charge on any atom is 0.282 e. The molecule has 0 saturated carbocycles. The van der Waals surface area contributed by atoms with E-state index >= 15 is 0 Å². The van der Waals surface area contributed by atoms with E-state index in [0.717, 1.165) is 4.90 Å². The number of rotatable bonds is 9. The molecule has 0 spiro atoms. The summed E-state index contributed by atoms with van der Waals surface area (Å²) in [4.78, 5) is 29.5. The van der Waals surface area contributed by atoms with E-state index in [1.807, 2.05) is 20.8 Å². The summed E-state index contributed by atoms with van der Waals surface area (Å²) in [5.41, 5.74) is 1.63. The first-order valence-electron chi connectivity index (χ1n) is 10.3. The predicted molar refractivity (Wildman–Crippen MR) is 119 cm³/mol. The van der Waals surface area contributed by atoms with Crippen LogP contribution in [-0.4, -0.2) is 54.7 Å². The predicted octanol–water partition coefficient (Wildman–Crippen LogP) is 3.08. The maximum absolute atomic E-state index is 13.4. The zero-order valence-electron chi connectivity index (χ0n) is 18.3. The number of hydrogen-bond acceptors (Lipinski definition) is 6. The van der Waals surface area contributed by atoms with Crippen molar-refractivity contribution in [1.29, 1.82) is 0 Å². The highest BCUT2D eigenvalue weighted by molar-refractivity contribution is 6.45. The monoisotopic (exact) mass is 424 g/mol. The number of imide groups is 1. The summed E-state index contributed by atoms with van der Waals surface area (Å²) >= 11 is 0. The van der Waals surface area contributed by atoms with Gasteiger partial charge in [-0.3, -0.25) is 9.59 Å². The summed E-state index contributed by atoms with van der Waals surface area (Å²) in [5, 5.41) is 9.39. The van der Waals surface area contributed by atoms with Crippen LogP contribution in [0.1, 0.15) is 26.3 Å². The molecule has 0 aliphatic carbocycles. The number of aliphatic hydroxyl groups excluding tert-OH is 1. The van der Waals surface area contributed by atoms with Crippen molar-refractivity contribution < 1.29 is 24.2 Å². The van der Waals surface area contributed by atoms with Crippen LogP contribution in [0, 0.1) is 0 Å². The van der Waals surface area contributed by atoms with E-state index in [0.29, 0.717) is 34.9 Å². The van der Waals surface area contributed by atoms with Gasteiger partial charge in [0.2, 0.25) is 0 Å². The number of carbonyl (C=O) groups is 2.